The molecule has 0 aliphatic carbocycles. The van der Waals surface area contributed by atoms with Gasteiger partial charge >= 0.3 is 23.1 Å². The van der Waals surface area contributed by atoms with Crippen LogP contribution < -0.4 is 0 Å². The van der Waals surface area contributed by atoms with E-state index in [9.17, 15) is 4.39 Å². The summed E-state index contributed by atoms with van der Waals surface area (Å²) in [5.74, 6) is 1.21. The quantitative estimate of drug-likeness (QED) is 0.493. The average molecular weight is 257 g/mol. The predicted octanol–water partition coefficient (Wildman–Crippen LogP) is 3.44. The molecule has 0 nitrogen and oxygen atoms in total. The van der Waals surface area contributed by atoms with Gasteiger partial charge in [0.25, 0.3) is 0 Å². The molecule has 0 atom stereocenters. The van der Waals surface area contributed by atoms with E-state index in [0.29, 0.717) is 0 Å². The standard InChI is InChI=1S/C6H4F.C4H9.BrH.Mg/c7-6-4-2-1-3-5-6;1-4(2)3;;/h2-5H;1-3H3;1H;/q2*-1;;+2. The van der Waals surface area contributed by atoms with E-state index >= 15 is 0 Å². The molecule has 1 aromatic carbocycles. The topological polar surface area (TPSA) is 0 Å². The second-order valence-electron chi connectivity index (χ2n) is 2.72. The van der Waals surface area contributed by atoms with E-state index < -0.39 is 0 Å². The summed E-state index contributed by atoms with van der Waals surface area (Å²) in [6.07, 6.45) is 0. The maximum Gasteiger partial charge on any atom is 2.00 e. The van der Waals surface area contributed by atoms with Gasteiger partial charge in [-0.15, -0.1) is 29.1 Å². The first-order chi connectivity index (χ1) is 5.13. The Labute approximate surface area is 107 Å². The molecule has 0 fully saturated rings. The van der Waals surface area contributed by atoms with Crippen molar-refractivity contribution in [1.29, 1.82) is 0 Å². The Morgan fingerprint density at radius 2 is 1.46 bits per heavy atom. The Morgan fingerprint density at radius 1 is 1.15 bits per heavy atom. The first-order valence-electron chi connectivity index (χ1n) is 3.51. The summed E-state index contributed by atoms with van der Waals surface area (Å²) in [7, 11) is 0. The molecule has 0 amide bonds. The number of hydrogen-bond acceptors (Lipinski definition) is 0. The van der Waals surface area contributed by atoms with Crippen molar-refractivity contribution in [3.63, 3.8) is 0 Å². The van der Waals surface area contributed by atoms with Gasteiger partial charge in [0.05, 0.1) is 0 Å². The first-order valence-corrected chi connectivity index (χ1v) is 3.51. The van der Waals surface area contributed by atoms with E-state index in [0.717, 1.165) is 0 Å². The van der Waals surface area contributed by atoms with Crippen molar-refractivity contribution < 1.29 is 4.39 Å². The molecule has 1 rings (SSSR count). The molecule has 70 valence electrons. The van der Waals surface area contributed by atoms with Gasteiger partial charge < -0.3 is 5.92 Å². The molecular weight excluding hydrogens is 243 g/mol. The molecule has 0 N–H and O–H groups in total. The van der Waals surface area contributed by atoms with Gasteiger partial charge in [0.1, 0.15) is 0 Å². The Kier molecular flexibility index (Phi) is 18.2. The van der Waals surface area contributed by atoms with Crippen LogP contribution in [0.1, 0.15) is 20.8 Å². The van der Waals surface area contributed by atoms with Crippen LogP contribution in [0.3, 0.4) is 0 Å². The van der Waals surface area contributed by atoms with E-state index in [-0.39, 0.29) is 45.9 Å². The second-order valence-corrected chi connectivity index (χ2v) is 2.72. The Balaban J connectivity index is -0.000000150. The van der Waals surface area contributed by atoms with Gasteiger partial charge in [-0.05, 0) is 0 Å². The third kappa shape index (κ3) is 19.0. The second kappa shape index (κ2) is 12.4. The van der Waals surface area contributed by atoms with E-state index in [2.05, 4.69) is 26.8 Å². The maximum atomic E-state index is 11.9. The minimum absolute atomic E-state index is 0. The van der Waals surface area contributed by atoms with Crippen LogP contribution in [0.15, 0.2) is 24.3 Å². The molecule has 0 spiro atoms. The smallest absolute Gasteiger partial charge is 0.323 e. The van der Waals surface area contributed by atoms with Gasteiger partial charge in [0.2, 0.25) is 0 Å². The van der Waals surface area contributed by atoms with E-state index in [4.69, 9.17) is 0 Å². The largest absolute Gasteiger partial charge is 2.00 e. The van der Waals surface area contributed by atoms with Crippen molar-refractivity contribution >= 4 is 40.0 Å². The summed E-state index contributed by atoms with van der Waals surface area (Å²) in [5.41, 5.74) is 0. The zero-order valence-electron chi connectivity index (χ0n) is 8.30. The van der Waals surface area contributed by atoms with E-state index in [1.807, 2.05) is 0 Å². The fraction of sp³-hybridized carbons (Fsp3) is 0.300. The van der Waals surface area contributed by atoms with Crippen LogP contribution >= 0.6 is 17.0 Å². The van der Waals surface area contributed by atoms with Crippen LogP contribution in [0.4, 0.5) is 4.39 Å². The summed E-state index contributed by atoms with van der Waals surface area (Å²) < 4.78 is 11.9. The monoisotopic (exact) mass is 256 g/mol. The third-order valence-corrected chi connectivity index (χ3v) is 0.678. The van der Waals surface area contributed by atoms with Crippen LogP contribution in [0.5, 0.6) is 0 Å². The van der Waals surface area contributed by atoms with Crippen molar-refractivity contribution in [3.05, 3.63) is 42.1 Å². The normalized spacial score (nSPS) is 7.46. The van der Waals surface area contributed by atoms with Crippen LogP contribution in [0, 0.1) is 17.8 Å². The number of hydrogen-bond donors (Lipinski definition) is 0. The summed E-state index contributed by atoms with van der Waals surface area (Å²) >= 11 is 0. The fourth-order valence-electron chi connectivity index (χ4n) is 0.367. The minimum Gasteiger partial charge on any atom is -0.323 e. The molecule has 0 aliphatic heterocycles. The summed E-state index contributed by atoms with van der Waals surface area (Å²) in [5, 5.41) is 0. The molecule has 13 heavy (non-hydrogen) atoms. The van der Waals surface area contributed by atoms with Gasteiger partial charge in [-0.2, -0.15) is 39.0 Å². The summed E-state index contributed by atoms with van der Waals surface area (Å²) in [6.45, 7) is 6.25. The Bertz CT molecular complexity index is 175. The van der Waals surface area contributed by atoms with E-state index in [1.54, 1.807) is 0 Å². The summed E-state index contributed by atoms with van der Waals surface area (Å²) in [4.78, 5) is 0. The van der Waals surface area contributed by atoms with Crippen LogP contribution in [-0.2, 0) is 0 Å². The summed E-state index contributed by atoms with van der Waals surface area (Å²) in [6, 6.07) is 8.49. The van der Waals surface area contributed by atoms with Crippen LogP contribution in [0.25, 0.3) is 0 Å². The average Bonchev–Trinajstić information content (AvgIpc) is 1.87. The molecule has 3 heteroatoms. The molecular formula is C10H14BrFMg. The Hall–Kier alpha value is 0.396. The Morgan fingerprint density at radius 3 is 1.62 bits per heavy atom. The molecule has 0 aromatic heterocycles. The maximum absolute atomic E-state index is 11.9. The molecule has 0 bridgehead atoms. The van der Waals surface area contributed by atoms with Crippen molar-refractivity contribution in [2.24, 2.45) is 0 Å². The molecule has 0 radical (unpaired) electrons. The molecule has 0 saturated carbocycles. The van der Waals surface area contributed by atoms with Crippen molar-refractivity contribution in [1.82, 2.24) is 0 Å². The fourth-order valence-corrected chi connectivity index (χ4v) is 0.367. The molecule has 0 heterocycles. The van der Waals surface area contributed by atoms with Crippen molar-refractivity contribution in [3.8, 4) is 0 Å². The zero-order chi connectivity index (χ0) is 8.69. The molecule has 0 aliphatic rings. The van der Waals surface area contributed by atoms with Crippen LogP contribution in [-0.4, -0.2) is 23.1 Å². The molecule has 0 unspecified atom stereocenters. The minimum atomic E-state index is -0.209. The molecule has 1 aromatic rings. The van der Waals surface area contributed by atoms with Gasteiger partial charge in [-0.1, -0.05) is 0 Å². The third-order valence-electron chi connectivity index (χ3n) is 0.678. The van der Waals surface area contributed by atoms with Gasteiger partial charge in [-0.25, -0.2) is 4.39 Å². The van der Waals surface area contributed by atoms with Crippen LogP contribution in [0.2, 0.25) is 0 Å². The SMILES string of the molecule is Br.C[C-](C)C.Fc1cc[c-]cc1.[Mg+2]. The van der Waals surface area contributed by atoms with E-state index in [1.165, 1.54) is 30.2 Å². The molecule has 0 saturated heterocycles. The van der Waals surface area contributed by atoms with Gasteiger partial charge in [-0.3, -0.25) is 0 Å². The van der Waals surface area contributed by atoms with Crippen molar-refractivity contribution in [2.75, 3.05) is 0 Å². The first kappa shape index (κ1) is 19.0. The number of rotatable bonds is 0. The van der Waals surface area contributed by atoms with Gasteiger partial charge in [0.15, 0.2) is 0 Å². The zero-order valence-corrected chi connectivity index (χ0v) is 11.4. The number of halogens is 2. The number of benzene rings is 1. The van der Waals surface area contributed by atoms with Gasteiger partial charge in [0, 0.05) is 5.82 Å². The predicted molar refractivity (Wildman–Crippen MR) is 61.6 cm³/mol. The van der Waals surface area contributed by atoms with Crippen molar-refractivity contribution in [2.45, 2.75) is 20.8 Å².